The van der Waals surface area contributed by atoms with Crippen molar-refractivity contribution >= 4 is 11.8 Å². The summed E-state index contributed by atoms with van der Waals surface area (Å²) in [6, 6.07) is 14.9. The molecule has 2 aromatic carbocycles. The van der Waals surface area contributed by atoms with Crippen molar-refractivity contribution in [1.82, 2.24) is 10.2 Å². The molecule has 3 aliphatic rings. The summed E-state index contributed by atoms with van der Waals surface area (Å²) in [7, 11) is 1.62. The number of nitrogens with one attached hydrogen (secondary N) is 1. The van der Waals surface area contributed by atoms with Crippen LogP contribution >= 0.6 is 0 Å². The second-order valence-corrected chi connectivity index (χ2v) is 8.26. The van der Waals surface area contributed by atoms with Crippen LogP contribution in [0.3, 0.4) is 0 Å². The first kappa shape index (κ1) is 18.0. The molecule has 3 aliphatic heterocycles. The van der Waals surface area contributed by atoms with Gasteiger partial charge in [0.15, 0.2) is 0 Å². The molecule has 5 rings (SSSR count). The summed E-state index contributed by atoms with van der Waals surface area (Å²) >= 11 is 0. The summed E-state index contributed by atoms with van der Waals surface area (Å²) in [5.74, 6) is 1.07. The molecule has 0 aliphatic carbocycles. The monoisotopic (exact) mass is 392 g/mol. The third-order valence-electron chi connectivity index (χ3n) is 6.76. The van der Waals surface area contributed by atoms with Crippen molar-refractivity contribution in [3.8, 4) is 11.5 Å². The average Bonchev–Trinajstić information content (AvgIpc) is 3.02. The van der Waals surface area contributed by atoms with Crippen molar-refractivity contribution in [3.63, 3.8) is 0 Å². The molecule has 0 bridgehead atoms. The molecule has 2 aromatic rings. The highest BCUT2D eigenvalue weighted by molar-refractivity contribution is 6.01. The standard InChI is InChI=1S/C23H24N2O4/c1-13-21(26)25-20-16-10-9-15(28-3)11-18(16)29-12-17(20)19(14-7-5-4-6-8-14)23(25,2)22(27)24-13/h4-11,13,17,19-20H,12H2,1-3H3,(H,24,27)/t13-,17-,19+,20-,23-/m1/s1. The highest BCUT2D eigenvalue weighted by Gasteiger charge is 2.66. The van der Waals surface area contributed by atoms with Crippen molar-refractivity contribution in [3.05, 3.63) is 59.7 Å². The van der Waals surface area contributed by atoms with Crippen molar-refractivity contribution in [1.29, 1.82) is 0 Å². The predicted octanol–water partition coefficient (Wildman–Crippen LogP) is 2.65. The lowest BCUT2D eigenvalue weighted by molar-refractivity contribution is -0.156. The molecule has 0 saturated carbocycles. The Hall–Kier alpha value is -3.02. The number of amides is 2. The molecule has 0 radical (unpaired) electrons. The number of rotatable bonds is 2. The van der Waals surface area contributed by atoms with Gasteiger partial charge in [-0.25, -0.2) is 0 Å². The van der Waals surface area contributed by atoms with Crippen LogP contribution in [0.4, 0.5) is 0 Å². The van der Waals surface area contributed by atoms with Crippen molar-refractivity contribution in [2.75, 3.05) is 13.7 Å². The zero-order valence-corrected chi connectivity index (χ0v) is 16.7. The first-order valence-corrected chi connectivity index (χ1v) is 9.96. The highest BCUT2D eigenvalue weighted by atomic mass is 16.5. The van der Waals surface area contributed by atoms with Crippen LogP contribution in [-0.2, 0) is 9.59 Å². The van der Waals surface area contributed by atoms with E-state index in [1.807, 2.05) is 60.4 Å². The van der Waals surface area contributed by atoms with Crippen LogP contribution in [0.5, 0.6) is 11.5 Å². The Morgan fingerprint density at radius 2 is 1.93 bits per heavy atom. The first-order chi connectivity index (χ1) is 14.0. The van der Waals surface area contributed by atoms with E-state index in [9.17, 15) is 9.59 Å². The van der Waals surface area contributed by atoms with E-state index in [4.69, 9.17) is 9.47 Å². The van der Waals surface area contributed by atoms with Crippen LogP contribution in [0.15, 0.2) is 48.5 Å². The maximum absolute atomic E-state index is 13.4. The number of carbonyl (C=O) groups is 2. The lowest BCUT2D eigenvalue weighted by Crippen LogP contribution is -2.68. The van der Waals surface area contributed by atoms with Crippen LogP contribution in [0.1, 0.15) is 36.9 Å². The quantitative estimate of drug-likeness (QED) is 0.853. The Balaban J connectivity index is 1.72. The molecule has 150 valence electrons. The maximum atomic E-state index is 13.4. The van der Waals surface area contributed by atoms with E-state index in [2.05, 4.69) is 5.32 Å². The van der Waals surface area contributed by atoms with Gasteiger partial charge in [-0.3, -0.25) is 9.59 Å². The lowest BCUT2D eigenvalue weighted by Gasteiger charge is -2.45. The van der Waals surface area contributed by atoms with Gasteiger partial charge in [0, 0.05) is 23.5 Å². The van der Waals surface area contributed by atoms with Crippen molar-refractivity contribution in [2.45, 2.75) is 37.4 Å². The predicted molar refractivity (Wildman–Crippen MR) is 107 cm³/mol. The molecule has 0 unspecified atom stereocenters. The second-order valence-electron chi connectivity index (χ2n) is 8.26. The van der Waals surface area contributed by atoms with E-state index >= 15 is 0 Å². The Morgan fingerprint density at radius 3 is 2.66 bits per heavy atom. The van der Waals surface area contributed by atoms with Crippen LogP contribution in [-0.4, -0.2) is 42.0 Å². The summed E-state index contributed by atoms with van der Waals surface area (Å²) in [5, 5.41) is 2.90. The van der Waals surface area contributed by atoms with Crippen molar-refractivity contribution in [2.24, 2.45) is 5.92 Å². The zero-order valence-electron chi connectivity index (χ0n) is 16.7. The summed E-state index contributed by atoms with van der Waals surface area (Å²) in [6.45, 7) is 4.08. The highest BCUT2D eigenvalue weighted by Crippen LogP contribution is 2.59. The first-order valence-electron chi connectivity index (χ1n) is 9.96. The largest absolute Gasteiger partial charge is 0.497 e. The topological polar surface area (TPSA) is 67.9 Å². The summed E-state index contributed by atoms with van der Waals surface area (Å²) in [4.78, 5) is 28.5. The second kappa shape index (κ2) is 6.24. The molecule has 3 heterocycles. The number of hydrogen-bond donors (Lipinski definition) is 1. The number of carbonyl (C=O) groups excluding carboxylic acids is 2. The van der Waals surface area contributed by atoms with Crippen LogP contribution < -0.4 is 14.8 Å². The molecule has 2 saturated heterocycles. The van der Waals surface area contributed by atoms with Gasteiger partial charge in [-0.15, -0.1) is 0 Å². The van der Waals surface area contributed by atoms with Gasteiger partial charge in [0.25, 0.3) is 0 Å². The van der Waals surface area contributed by atoms with E-state index < -0.39 is 11.6 Å². The van der Waals surface area contributed by atoms with Gasteiger partial charge in [0.1, 0.15) is 23.1 Å². The van der Waals surface area contributed by atoms with Gasteiger partial charge in [0.2, 0.25) is 11.8 Å². The molecule has 0 aromatic heterocycles. The van der Waals surface area contributed by atoms with Crippen LogP contribution in [0.25, 0.3) is 0 Å². The summed E-state index contributed by atoms with van der Waals surface area (Å²) in [5.41, 5.74) is 0.998. The van der Waals surface area contributed by atoms with E-state index in [1.165, 1.54) is 0 Å². The molecule has 2 amide bonds. The Bertz CT molecular complexity index is 992. The Kier molecular flexibility index (Phi) is 3.88. The van der Waals surface area contributed by atoms with E-state index in [0.29, 0.717) is 18.1 Å². The normalized spacial score (nSPS) is 32.6. The molecule has 29 heavy (non-hydrogen) atoms. The molecule has 0 spiro atoms. The van der Waals surface area contributed by atoms with Crippen molar-refractivity contribution < 1.29 is 19.1 Å². The fraction of sp³-hybridized carbons (Fsp3) is 0.391. The van der Waals surface area contributed by atoms with E-state index in [1.54, 1.807) is 14.0 Å². The number of benzene rings is 2. The Labute approximate surface area is 169 Å². The van der Waals surface area contributed by atoms with Gasteiger partial charge in [-0.05, 0) is 31.5 Å². The number of fused-ring (bicyclic) bond motifs is 5. The van der Waals surface area contributed by atoms with Gasteiger partial charge < -0.3 is 19.7 Å². The maximum Gasteiger partial charge on any atom is 0.247 e. The summed E-state index contributed by atoms with van der Waals surface area (Å²) < 4.78 is 11.5. The molecule has 1 N–H and O–H groups in total. The number of ether oxygens (including phenoxy) is 2. The fourth-order valence-corrected chi connectivity index (χ4v) is 5.45. The van der Waals surface area contributed by atoms with E-state index in [0.717, 1.165) is 11.1 Å². The zero-order chi connectivity index (χ0) is 20.3. The molecule has 6 nitrogen and oxygen atoms in total. The third-order valence-corrected chi connectivity index (χ3v) is 6.76. The fourth-order valence-electron chi connectivity index (χ4n) is 5.45. The number of hydrogen-bond acceptors (Lipinski definition) is 4. The van der Waals surface area contributed by atoms with E-state index in [-0.39, 0.29) is 29.7 Å². The minimum atomic E-state index is -0.981. The van der Waals surface area contributed by atoms with Crippen LogP contribution in [0.2, 0.25) is 0 Å². The van der Waals surface area contributed by atoms with Crippen LogP contribution in [0, 0.1) is 5.92 Å². The molecular weight excluding hydrogens is 368 g/mol. The van der Waals surface area contributed by atoms with Gasteiger partial charge >= 0.3 is 0 Å². The van der Waals surface area contributed by atoms with Gasteiger partial charge in [0.05, 0.1) is 19.8 Å². The Morgan fingerprint density at radius 1 is 1.17 bits per heavy atom. The minimum absolute atomic E-state index is 0.0247. The number of piperazine rings is 1. The number of nitrogens with zero attached hydrogens (tertiary/aromatic N) is 1. The molecule has 2 fully saturated rings. The smallest absolute Gasteiger partial charge is 0.247 e. The molecular formula is C23H24N2O4. The minimum Gasteiger partial charge on any atom is -0.497 e. The molecule has 5 atom stereocenters. The van der Waals surface area contributed by atoms with Gasteiger partial charge in [-0.2, -0.15) is 0 Å². The third kappa shape index (κ3) is 2.35. The number of methoxy groups -OCH3 is 1. The SMILES string of the molecule is COc1ccc2c(c1)OC[C@H]1[C@@H]2N2C(=O)[C@@H](C)NC(=O)[C@@]2(C)[C@H]1c1ccccc1. The molecule has 6 heteroatoms. The summed E-state index contributed by atoms with van der Waals surface area (Å²) in [6.07, 6.45) is 0. The van der Waals surface area contributed by atoms with Gasteiger partial charge in [-0.1, -0.05) is 30.3 Å². The average molecular weight is 392 g/mol. The lowest BCUT2D eigenvalue weighted by atomic mass is 9.73.